The summed E-state index contributed by atoms with van der Waals surface area (Å²) < 4.78 is 24.2. The predicted molar refractivity (Wildman–Crippen MR) is 91.8 cm³/mol. The number of carbonyl (C=O) groups excluding carboxylic acids is 1. The average Bonchev–Trinajstić information content (AvgIpc) is 2.55. The quantitative estimate of drug-likeness (QED) is 0.460. The summed E-state index contributed by atoms with van der Waals surface area (Å²) in [7, 11) is -3.90. The first-order valence-electron chi connectivity index (χ1n) is 6.95. The summed E-state index contributed by atoms with van der Waals surface area (Å²) in [5, 5.41) is 16.8. The number of hydrogen-bond acceptors (Lipinski definition) is 6. The Morgan fingerprint density at radius 2 is 1.88 bits per heavy atom. The predicted octanol–water partition coefficient (Wildman–Crippen LogP) is 1.87. The summed E-state index contributed by atoms with van der Waals surface area (Å²) in [6, 6.07) is 11.1. The second-order valence-electron chi connectivity index (χ2n) is 4.91. The van der Waals surface area contributed by atoms with E-state index >= 15 is 0 Å². The summed E-state index contributed by atoms with van der Waals surface area (Å²) in [5.74, 6) is -0.268. The molecule has 0 fully saturated rings. The van der Waals surface area contributed by atoms with E-state index in [1.54, 1.807) is 6.07 Å². The molecule has 0 atom stereocenters. The number of hydrogen-bond donors (Lipinski definition) is 2. The van der Waals surface area contributed by atoms with Crippen molar-refractivity contribution in [2.45, 2.75) is 11.8 Å². The van der Waals surface area contributed by atoms with Crippen LogP contribution in [0.3, 0.4) is 0 Å². The number of rotatable bonds is 6. The van der Waals surface area contributed by atoms with Crippen LogP contribution in [0.4, 0.5) is 11.4 Å². The van der Waals surface area contributed by atoms with Crippen LogP contribution in [0.15, 0.2) is 58.5 Å². The zero-order chi connectivity index (χ0) is 18.4. The third-order valence-corrected chi connectivity index (χ3v) is 4.19. The van der Waals surface area contributed by atoms with E-state index in [9.17, 15) is 23.3 Å². The number of nitro groups is 1. The molecule has 2 rings (SSSR count). The van der Waals surface area contributed by atoms with Crippen molar-refractivity contribution in [3.05, 3.63) is 64.2 Å². The lowest BCUT2D eigenvalue weighted by Gasteiger charge is -2.05. The zero-order valence-corrected chi connectivity index (χ0v) is 13.9. The van der Waals surface area contributed by atoms with Gasteiger partial charge in [-0.05, 0) is 24.3 Å². The molecule has 0 radical (unpaired) electrons. The van der Waals surface area contributed by atoms with Gasteiger partial charge in [0, 0.05) is 30.3 Å². The Bertz CT molecular complexity index is 923. The molecule has 130 valence electrons. The lowest BCUT2D eigenvalue weighted by Crippen LogP contribution is -2.18. The lowest BCUT2D eigenvalue weighted by atomic mass is 10.2. The van der Waals surface area contributed by atoms with Crippen LogP contribution >= 0.6 is 0 Å². The molecule has 0 aliphatic rings. The molecular formula is C15H14N4O5S. The molecule has 2 aromatic rings. The fourth-order valence-electron chi connectivity index (χ4n) is 1.86. The summed E-state index contributed by atoms with van der Waals surface area (Å²) in [6.45, 7) is 1.34. The van der Waals surface area contributed by atoms with Crippen molar-refractivity contribution in [1.29, 1.82) is 0 Å². The molecular weight excluding hydrogens is 348 g/mol. The van der Waals surface area contributed by atoms with Gasteiger partial charge in [0.05, 0.1) is 16.0 Å². The largest absolute Gasteiger partial charge is 0.326 e. The van der Waals surface area contributed by atoms with Crippen molar-refractivity contribution < 1.29 is 18.1 Å². The van der Waals surface area contributed by atoms with Gasteiger partial charge in [0.25, 0.3) is 15.7 Å². The first-order valence-corrected chi connectivity index (χ1v) is 8.43. The second-order valence-corrected chi connectivity index (χ2v) is 6.57. The van der Waals surface area contributed by atoms with Gasteiger partial charge in [0.1, 0.15) is 0 Å². The molecule has 1 amide bonds. The monoisotopic (exact) mass is 362 g/mol. The number of non-ortho nitro benzene ring substituents is 1. The Balaban J connectivity index is 2.09. The molecule has 0 aliphatic carbocycles. The van der Waals surface area contributed by atoms with Gasteiger partial charge in [-0.1, -0.05) is 12.1 Å². The number of benzene rings is 2. The standard InChI is InChI=1S/C15H14N4O5S/c1-11(20)17-13-5-7-15(8-6-13)25(23,24)18-16-10-12-3-2-4-14(9-12)19(21)22/h2-10,18H,1H3,(H,17,20)/b16-10-. The smallest absolute Gasteiger partial charge is 0.276 e. The lowest BCUT2D eigenvalue weighted by molar-refractivity contribution is -0.384. The van der Waals surface area contributed by atoms with Crippen LogP contribution in [0.25, 0.3) is 0 Å². The number of anilines is 1. The van der Waals surface area contributed by atoms with E-state index in [-0.39, 0.29) is 16.5 Å². The van der Waals surface area contributed by atoms with E-state index in [0.717, 1.165) is 6.21 Å². The fraction of sp³-hybridized carbons (Fsp3) is 0.0667. The number of sulfonamides is 1. The third-order valence-electron chi connectivity index (χ3n) is 2.95. The van der Waals surface area contributed by atoms with Crippen molar-refractivity contribution in [2.24, 2.45) is 5.10 Å². The van der Waals surface area contributed by atoms with Crippen molar-refractivity contribution in [3.8, 4) is 0 Å². The molecule has 0 saturated heterocycles. The summed E-state index contributed by atoms with van der Waals surface area (Å²) in [5.41, 5.74) is 0.713. The van der Waals surface area contributed by atoms with Gasteiger partial charge in [-0.25, -0.2) is 4.83 Å². The van der Waals surface area contributed by atoms with Gasteiger partial charge in [-0.3, -0.25) is 14.9 Å². The van der Waals surface area contributed by atoms with Crippen molar-refractivity contribution in [2.75, 3.05) is 5.32 Å². The minimum atomic E-state index is -3.90. The van der Waals surface area contributed by atoms with E-state index in [4.69, 9.17) is 0 Å². The summed E-state index contributed by atoms with van der Waals surface area (Å²) >= 11 is 0. The Hall–Kier alpha value is -3.27. The Kier molecular flexibility index (Phi) is 5.45. The Morgan fingerprint density at radius 3 is 2.48 bits per heavy atom. The van der Waals surface area contributed by atoms with Crippen molar-refractivity contribution in [1.82, 2.24) is 4.83 Å². The fourth-order valence-corrected chi connectivity index (χ4v) is 2.65. The highest BCUT2D eigenvalue weighted by Gasteiger charge is 2.12. The third kappa shape index (κ3) is 5.11. The Labute approximate surface area is 143 Å². The highest BCUT2D eigenvalue weighted by atomic mass is 32.2. The van der Waals surface area contributed by atoms with E-state index in [2.05, 4.69) is 10.4 Å². The number of amides is 1. The van der Waals surface area contributed by atoms with Crippen LogP contribution in [0.5, 0.6) is 0 Å². The van der Waals surface area contributed by atoms with Crippen LogP contribution in [0.2, 0.25) is 0 Å². The highest BCUT2D eigenvalue weighted by molar-refractivity contribution is 7.89. The SMILES string of the molecule is CC(=O)Nc1ccc(S(=O)(=O)N/N=C\c2cccc([N+](=O)[O-])c2)cc1. The number of hydrazone groups is 1. The van der Waals surface area contributed by atoms with Gasteiger partial charge in [-0.2, -0.15) is 13.5 Å². The van der Waals surface area contributed by atoms with Crippen LogP contribution in [0.1, 0.15) is 12.5 Å². The van der Waals surface area contributed by atoms with Gasteiger partial charge < -0.3 is 5.32 Å². The molecule has 2 aromatic carbocycles. The summed E-state index contributed by atoms with van der Waals surface area (Å²) in [6.07, 6.45) is 1.16. The average molecular weight is 362 g/mol. The molecule has 2 N–H and O–H groups in total. The van der Waals surface area contributed by atoms with E-state index < -0.39 is 14.9 Å². The molecule has 0 bridgehead atoms. The van der Waals surface area contributed by atoms with Crippen LogP contribution in [-0.4, -0.2) is 25.5 Å². The maximum Gasteiger partial charge on any atom is 0.276 e. The topological polar surface area (TPSA) is 131 Å². The van der Waals surface area contributed by atoms with Gasteiger partial charge in [-0.15, -0.1) is 0 Å². The number of carbonyl (C=O) groups is 1. The number of nitrogens with zero attached hydrogens (tertiary/aromatic N) is 2. The molecule has 0 aromatic heterocycles. The summed E-state index contributed by atoms with van der Waals surface area (Å²) in [4.78, 5) is 23.0. The minimum Gasteiger partial charge on any atom is -0.326 e. The van der Waals surface area contributed by atoms with E-state index in [0.29, 0.717) is 11.3 Å². The molecule has 9 nitrogen and oxygen atoms in total. The normalized spacial score (nSPS) is 11.2. The molecule has 0 unspecified atom stereocenters. The molecule has 0 spiro atoms. The molecule has 25 heavy (non-hydrogen) atoms. The van der Waals surface area contributed by atoms with Gasteiger partial charge in [0.15, 0.2) is 0 Å². The van der Waals surface area contributed by atoms with E-state index in [1.807, 2.05) is 4.83 Å². The first-order chi connectivity index (χ1) is 11.8. The zero-order valence-electron chi connectivity index (χ0n) is 13.0. The molecule has 0 heterocycles. The minimum absolute atomic E-state index is 0.0437. The van der Waals surface area contributed by atoms with Crippen molar-refractivity contribution >= 4 is 33.5 Å². The van der Waals surface area contributed by atoms with Crippen LogP contribution < -0.4 is 10.1 Å². The van der Waals surface area contributed by atoms with Crippen molar-refractivity contribution in [3.63, 3.8) is 0 Å². The number of nitro benzene ring substituents is 1. The Morgan fingerprint density at radius 1 is 1.20 bits per heavy atom. The molecule has 10 heteroatoms. The molecule has 0 aliphatic heterocycles. The maximum absolute atomic E-state index is 12.1. The molecule has 0 saturated carbocycles. The first kappa shape index (κ1) is 18.1. The van der Waals surface area contributed by atoms with E-state index in [1.165, 1.54) is 49.4 Å². The maximum atomic E-state index is 12.1. The van der Waals surface area contributed by atoms with Crippen LogP contribution in [0, 0.1) is 10.1 Å². The second kappa shape index (κ2) is 7.53. The van der Waals surface area contributed by atoms with Gasteiger partial charge in [0.2, 0.25) is 5.91 Å². The van der Waals surface area contributed by atoms with Gasteiger partial charge >= 0.3 is 0 Å². The van der Waals surface area contributed by atoms with Crippen LogP contribution in [-0.2, 0) is 14.8 Å². The number of nitrogens with one attached hydrogen (secondary N) is 2. The highest BCUT2D eigenvalue weighted by Crippen LogP contribution is 2.14.